The van der Waals surface area contributed by atoms with E-state index in [2.05, 4.69) is 41.5 Å². The molecule has 1 unspecified atom stereocenters. The first-order valence-electron chi connectivity index (χ1n) is 10.9. The average Bonchev–Trinajstić information content (AvgIpc) is 2.91. The highest BCUT2D eigenvalue weighted by Gasteiger charge is 2.50. The highest BCUT2D eigenvalue weighted by Crippen LogP contribution is 2.47. The van der Waals surface area contributed by atoms with Gasteiger partial charge in [-0.2, -0.15) is 0 Å². The molecule has 1 aromatic rings. The number of ether oxygens (including phenoxy) is 2. The van der Waals surface area contributed by atoms with Gasteiger partial charge in [-0.15, -0.1) is 0 Å². The van der Waals surface area contributed by atoms with E-state index in [0.29, 0.717) is 23.0 Å². The van der Waals surface area contributed by atoms with Crippen molar-refractivity contribution < 1.29 is 18.7 Å². The third-order valence-corrected chi connectivity index (χ3v) is 12.7. The van der Waals surface area contributed by atoms with E-state index >= 15 is 0 Å². The Balaban J connectivity index is 2.54. The number of benzene rings is 1. The van der Waals surface area contributed by atoms with E-state index in [1.165, 1.54) is 0 Å². The fraction of sp³-hybridized carbons (Fsp3) is 0.625. The van der Waals surface area contributed by atoms with Crippen LogP contribution in [0.5, 0.6) is 0 Å². The maximum atomic E-state index is 13.5. The molecule has 1 heterocycles. The molecule has 1 aromatic carbocycles. The topological polar surface area (TPSA) is 48.0 Å². The van der Waals surface area contributed by atoms with E-state index in [9.17, 15) is 4.79 Å². The number of hydrogen-bond acceptors (Lipinski definition) is 4. The Bertz CT molecular complexity index is 736. The lowest BCUT2D eigenvalue weighted by Crippen LogP contribution is -2.46. The summed E-state index contributed by atoms with van der Waals surface area (Å²) in [6.07, 6.45) is 3.64. The van der Waals surface area contributed by atoms with Gasteiger partial charge in [0, 0.05) is 33.4 Å². The molecule has 0 aliphatic carbocycles. The fourth-order valence-corrected chi connectivity index (χ4v) is 10.4. The molecule has 0 bridgehead atoms. The van der Waals surface area contributed by atoms with Crippen LogP contribution in [-0.2, 0) is 24.1 Å². The van der Waals surface area contributed by atoms with E-state index in [4.69, 9.17) is 13.9 Å². The molecule has 2 rings (SSSR count). The molecule has 168 valence electrons. The average molecular weight is 434 g/mol. The summed E-state index contributed by atoms with van der Waals surface area (Å²) in [4.78, 5) is 15.3. The predicted octanol–water partition coefficient (Wildman–Crippen LogP) is 5.62. The van der Waals surface area contributed by atoms with Gasteiger partial charge in [-0.05, 0) is 34.3 Å². The second-order valence-electron chi connectivity index (χ2n) is 9.20. The summed E-state index contributed by atoms with van der Waals surface area (Å²) in [5.41, 5.74) is 2.36. The summed E-state index contributed by atoms with van der Waals surface area (Å²) in [7, 11) is 2.93. The molecule has 0 saturated carbocycles. The van der Waals surface area contributed by atoms with Gasteiger partial charge >= 0.3 is 0 Å². The molecule has 0 aromatic heterocycles. The third kappa shape index (κ3) is 4.10. The molecule has 0 spiro atoms. The van der Waals surface area contributed by atoms with Gasteiger partial charge in [0.2, 0.25) is 5.91 Å². The molecule has 30 heavy (non-hydrogen) atoms. The zero-order valence-corrected chi connectivity index (χ0v) is 21.1. The quantitative estimate of drug-likeness (QED) is 0.273. The van der Waals surface area contributed by atoms with E-state index in [1.54, 1.807) is 19.1 Å². The molecule has 0 N–H and O–H groups in total. The summed E-state index contributed by atoms with van der Waals surface area (Å²) in [5, 5.41) is 0. The Morgan fingerprint density at radius 1 is 1.00 bits per heavy atom. The van der Waals surface area contributed by atoms with Gasteiger partial charge in [-0.3, -0.25) is 4.79 Å². The fourth-order valence-electron chi connectivity index (χ4n) is 5.30. The third-order valence-electron chi connectivity index (χ3n) is 6.78. The maximum Gasteiger partial charge on any atom is 0.257 e. The summed E-state index contributed by atoms with van der Waals surface area (Å²) < 4.78 is 17.6. The van der Waals surface area contributed by atoms with Crippen LogP contribution < -0.4 is 4.90 Å². The van der Waals surface area contributed by atoms with Crippen molar-refractivity contribution in [3.63, 3.8) is 0 Å². The first kappa shape index (κ1) is 24.6. The SMILES string of the molecule is COC(CC1(/C=C/O[Si](C(C)C)(C(C)C)C(C)C)C(=O)N(C)c2ccccc21)OC. The maximum absolute atomic E-state index is 13.5. The van der Waals surface area contributed by atoms with Crippen LogP contribution >= 0.6 is 0 Å². The number of carbonyl (C=O) groups is 1. The Morgan fingerprint density at radius 3 is 2.03 bits per heavy atom. The van der Waals surface area contributed by atoms with E-state index in [-0.39, 0.29) is 5.91 Å². The summed E-state index contributed by atoms with van der Waals surface area (Å²) in [5.74, 6) is 0.00792. The van der Waals surface area contributed by atoms with Gasteiger partial charge < -0.3 is 18.8 Å². The molecule has 1 amide bonds. The normalized spacial score (nSPS) is 19.8. The number of methoxy groups -OCH3 is 2. The largest absolute Gasteiger partial charge is 0.548 e. The Morgan fingerprint density at radius 2 is 1.53 bits per heavy atom. The molecular weight excluding hydrogens is 394 g/mol. The Kier molecular flexibility index (Phi) is 7.94. The molecule has 0 radical (unpaired) electrons. The lowest BCUT2D eigenvalue weighted by Gasteiger charge is -2.41. The van der Waals surface area contributed by atoms with Crippen LogP contribution in [-0.4, -0.2) is 41.8 Å². The van der Waals surface area contributed by atoms with E-state index in [1.807, 2.05) is 43.7 Å². The summed E-state index contributed by atoms with van der Waals surface area (Å²) in [6, 6.07) is 7.92. The van der Waals surface area contributed by atoms with Crippen molar-refractivity contribution in [2.24, 2.45) is 0 Å². The number of rotatable bonds is 10. The van der Waals surface area contributed by atoms with Crippen LogP contribution in [0.1, 0.15) is 53.5 Å². The zero-order chi connectivity index (χ0) is 22.7. The zero-order valence-electron chi connectivity index (χ0n) is 20.1. The molecule has 1 aliphatic rings. The monoisotopic (exact) mass is 433 g/mol. The van der Waals surface area contributed by atoms with Gasteiger partial charge in [0.05, 0.1) is 6.26 Å². The van der Waals surface area contributed by atoms with E-state index in [0.717, 1.165) is 11.3 Å². The second kappa shape index (κ2) is 9.67. The smallest absolute Gasteiger partial charge is 0.257 e. The number of amides is 1. The number of fused-ring (bicyclic) bond motifs is 1. The minimum atomic E-state index is -2.09. The number of likely N-dealkylation sites (N-methyl/N-ethyl adjacent to an activating group) is 1. The van der Waals surface area contributed by atoms with Crippen molar-refractivity contribution in [3.8, 4) is 0 Å². The molecule has 1 atom stereocenters. The molecule has 5 nitrogen and oxygen atoms in total. The molecule has 0 fully saturated rings. The number of nitrogens with zero attached hydrogens (tertiary/aromatic N) is 1. The lowest BCUT2D eigenvalue weighted by atomic mass is 9.78. The number of anilines is 1. The van der Waals surface area contributed by atoms with Crippen molar-refractivity contribution in [1.82, 2.24) is 0 Å². The van der Waals surface area contributed by atoms with Gasteiger partial charge in [0.25, 0.3) is 8.32 Å². The van der Waals surface area contributed by atoms with Crippen molar-refractivity contribution in [1.29, 1.82) is 0 Å². The standard InChI is InChI=1S/C24H39NO4Si/c1-17(2)30(18(3)4,19(5)6)29-15-14-24(16-22(27-8)28-9)20-12-10-11-13-21(20)25(7)23(24)26/h10-15,17-19,22H,16H2,1-9H3/b15-14+. The highest BCUT2D eigenvalue weighted by molar-refractivity contribution is 6.77. The van der Waals surface area contributed by atoms with E-state index < -0.39 is 20.0 Å². The van der Waals surface area contributed by atoms with Crippen LogP contribution in [0.25, 0.3) is 0 Å². The number of para-hydroxylation sites is 1. The summed E-state index contributed by atoms with van der Waals surface area (Å²) >= 11 is 0. The lowest BCUT2D eigenvalue weighted by molar-refractivity contribution is -0.133. The van der Waals surface area contributed by atoms with Crippen LogP contribution in [0.4, 0.5) is 5.69 Å². The minimum Gasteiger partial charge on any atom is -0.548 e. The molecule has 0 saturated heterocycles. The van der Waals surface area contributed by atoms with Gasteiger partial charge in [0.15, 0.2) is 6.29 Å². The minimum absolute atomic E-state index is 0.00792. The van der Waals surface area contributed by atoms with Gasteiger partial charge in [-0.1, -0.05) is 59.7 Å². The number of carbonyl (C=O) groups excluding carboxylic acids is 1. The van der Waals surface area contributed by atoms with Crippen LogP contribution in [0, 0.1) is 0 Å². The van der Waals surface area contributed by atoms with Crippen molar-refractivity contribution in [3.05, 3.63) is 42.2 Å². The Labute approximate surface area is 183 Å². The predicted molar refractivity (Wildman–Crippen MR) is 125 cm³/mol. The first-order chi connectivity index (χ1) is 14.1. The van der Waals surface area contributed by atoms with Crippen molar-refractivity contribution >= 4 is 19.9 Å². The number of hydrogen-bond donors (Lipinski definition) is 0. The van der Waals surface area contributed by atoms with Crippen LogP contribution in [0.15, 0.2) is 36.6 Å². The van der Waals surface area contributed by atoms with Gasteiger partial charge in [0.1, 0.15) is 5.41 Å². The molecule has 6 heteroatoms. The Hall–Kier alpha value is -1.63. The van der Waals surface area contributed by atoms with Crippen molar-refractivity contribution in [2.75, 3.05) is 26.2 Å². The van der Waals surface area contributed by atoms with Crippen LogP contribution in [0.3, 0.4) is 0 Å². The summed E-state index contributed by atoms with van der Waals surface area (Å²) in [6.45, 7) is 13.5. The highest BCUT2D eigenvalue weighted by atomic mass is 28.4. The van der Waals surface area contributed by atoms with Crippen molar-refractivity contribution in [2.45, 2.75) is 76.3 Å². The first-order valence-corrected chi connectivity index (χ1v) is 13.0. The van der Waals surface area contributed by atoms with Crippen LogP contribution in [0.2, 0.25) is 16.6 Å². The molecule has 1 aliphatic heterocycles. The van der Waals surface area contributed by atoms with Gasteiger partial charge in [-0.25, -0.2) is 0 Å². The molecular formula is C24H39NO4Si. The second-order valence-corrected chi connectivity index (χ2v) is 14.6.